The molecule has 0 aliphatic carbocycles. The molecule has 128 valence electrons. The van der Waals surface area contributed by atoms with E-state index in [2.05, 4.69) is 22.3 Å². The lowest BCUT2D eigenvalue weighted by molar-refractivity contribution is 0.0922. The van der Waals surface area contributed by atoms with Crippen LogP contribution in [0.5, 0.6) is 0 Å². The van der Waals surface area contributed by atoms with E-state index in [1.54, 1.807) is 6.07 Å². The van der Waals surface area contributed by atoms with E-state index in [-0.39, 0.29) is 17.6 Å². The molecule has 1 amide bonds. The molecule has 0 saturated carbocycles. The Bertz CT molecular complexity index is 679. The van der Waals surface area contributed by atoms with E-state index < -0.39 is 0 Å². The van der Waals surface area contributed by atoms with Gasteiger partial charge in [0.25, 0.3) is 5.91 Å². The molecule has 7 heteroatoms. The molecule has 0 unspecified atom stereocenters. The summed E-state index contributed by atoms with van der Waals surface area (Å²) < 4.78 is 5.25. The number of hydrogen-bond acceptors (Lipinski definition) is 6. The molecule has 1 fully saturated rings. The molecule has 1 aliphatic heterocycles. The van der Waals surface area contributed by atoms with Gasteiger partial charge >= 0.3 is 0 Å². The fourth-order valence-electron chi connectivity index (χ4n) is 2.54. The van der Waals surface area contributed by atoms with Crippen LogP contribution in [0.25, 0.3) is 0 Å². The lowest BCUT2D eigenvalue weighted by Gasteiger charge is -2.28. The van der Waals surface area contributed by atoms with Crippen LogP contribution in [0, 0.1) is 0 Å². The predicted octanol–water partition coefficient (Wildman–Crippen LogP) is 2.59. The summed E-state index contributed by atoms with van der Waals surface area (Å²) in [6.45, 7) is 2.60. The van der Waals surface area contributed by atoms with Crippen molar-refractivity contribution in [3.8, 4) is 0 Å². The van der Waals surface area contributed by atoms with Crippen LogP contribution in [0.2, 0.25) is 0 Å². The van der Waals surface area contributed by atoms with Gasteiger partial charge in [0.15, 0.2) is 5.76 Å². The molecule has 3 rings (SSSR count). The van der Waals surface area contributed by atoms with Gasteiger partial charge in [-0.05, 0) is 23.8 Å². The second kappa shape index (κ2) is 7.63. The van der Waals surface area contributed by atoms with E-state index in [9.17, 15) is 10.0 Å². The first-order chi connectivity index (χ1) is 11.6. The molecule has 1 aromatic carbocycles. The van der Waals surface area contributed by atoms with Crippen LogP contribution < -0.4 is 15.3 Å². The average molecular weight is 347 g/mol. The van der Waals surface area contributed by atoms with E-state index >= 15 is 0 Å². The van der Waals surface area contributed by atoms with E-state index in [0.29, 0.717) is 6.54 Å². The van der Waals surface area contributed by atoms with Gasteiger partial charge in [-0.25, -0.2) is 5.06 Å². The Morgan fingerprint density at radius 2 is 1.96 bits per heavy atom. The van der Waals surface area contributed by atoms with Gasteiger partial charge in [0.2, 0.25) is 5.88 Å². The third-order valence-electron chi connectivity index (χ3n) is 3.90. The van der Waals surface area contributed by atoms with E-state index in [1.807, 2.05) is 23.9 Å². The van der Waals surface area contributed by atoms with Crippen LogP contribution in [-0.2, 0) is 6.54 Å². The summed E-state index contributed by atoms with van der Waals surface area (Å²) in [5.41, 5.74) is 2.26. The molecular formula is C17H21N3O3S. The van der Waals surface area contributed by atoms with Crippen LogP contribution >= 0.6 is 11.8 Å². The fraction of sp³-hybridized carbons (Fsp3) is 0.353. The molecule has 1 aliphatic rings. The van der Waals surface area contributed by atoms with Crippen molar-refractivity contribution >= 4 is 29.2 Å². The third-order valence-corrected chi connectivity index (χ3v) is 4.84. The second-order valence-corrected chi connectivity index (χ2v) is 6.83. The van der Waals surface area contributed by atoms with Crippen molar-refractivity contribution in [2.75, 3.05) is 41.6 Å². The first kappa shape index (κ1) is 16.7. The Morgan fingerprint density at radius 3 is 2.58 bits per heavy atom. The topological polar surface area (TPSA) is 69.0 Å². The van der Waals surface area contributed by atoms with E-state index in [0.717, 1.165) is 23.7 Å². The first-order valence-electron chi connectivity index (χ1n) is 7.86. The minimum Gasteiger partial charge on any atom is -0.433 e. The normalized spacial score (nSPS) is 14.5. The zero-order valence-corrected chi connectivity index (χ0v) is 14.4. The Kier molecular flexibility index (Phi) is 5.32. The van der Waals surface area contributed by atoms with Crippen LogP contribution in [0.15, 0.2) is 40.8 Å². The Morgan fingerprint density at radius 1 is 1.25 bits per heavy atom. The van der Waals surface area contributed by atoms with Gasteiger partial charge in [-0.2, -0.15) is 11.8 Å². The van der Waals surface area contributed by atoms with Gasteiger partial charge in [0, 0.05) is 49.9 Å². The number of carbonyl (C=O) groups excluding carboxylic acids is 1. The van der Waals surface area contributed by atoms with Gasteiger partial charge in [-0.15, -0.1) is 0 Å². The monoisotopic (exact) mass is 347 g/mol. The first-order valence-corrected chi connectivity index (χ1v) is 9.01. The summed E-state index contributed by atoms with van der Waals surface area (Å²) in [6.07, 6.45) is 0. The number of nitrogens with one attached hydrogen (secondary N) is 1. The summed E-state index contributed by atoms with van der Waals surface area (Å²) in [7, 11) is 1.43. The van der Waals surface area contributed by atoms with Crippen molar-refractivity contribution in [1.82, 2.24) is 5.32 Å². The fourth-order valence-corrected chi connectivity index (χ4v) is 3.44. The minimum absolute atomic E-state index is 0.174. The molecule has 0 bridgehead atoms. The van der Waals surface area contributed by atoms with Crippen LogP contribution in [0.1, 0.15) is 16.1 Å². The number of thioether (sulfide) groups is 1. The maximum atomic E-state index is 12.1. The molecule has 0 atom stereocenters. The number of carbonyl (C=O) groups is 1. The zero-order valence-electron chi connectivity index (χ0n) is 13.6. The van der Waals surface area contributed by atoms with Crippen molar-refractivity contribution < 1.29 is 14.4 Å². The Balaban J connectivity index is 1.54. The highest BCUT2D eigenvalue weighted by Gasteiger charge is 2.13. The molecule has 2 heterocycles. The van der Waals surface area contributed by atoms with Crippen LogP contribution in [0.4, 0.5) is 11.6 Å². The molecule has 24 heavy (non-hydrogen) atoms. The number of amides is 1. The molecule has 1 saturated heterocycles. The summed E-state index contributed by atoms with van der Waals surface area (Å²) in [6, 6.07) is 11.3. The van der Waals surface area contributed by atoms with Crippen molar-refractivity contribution in [2.24, 2.45) is 0 Å². The van der Waals surface area contributed by atoms with Crippen LogP contribution in [0.3, 0.4) is 0 Å². The summed E-state index contributed by atoms with van der Waals surface area (Å²) >= 11 is 1.99. The molecule has 1 aromatic heterocycles. The molecule has 6 nitrogen and oxygen atoms in total. The van der Waals surface area contributed by atoms with Crippen molar-refractivity contribution in [3.05, 3.63) is 47.7 Å². The SMILES string of the molecule is CN(O)c1ccc(C(=O)NCc2ccc(N3CCSCC3)cc2)o1. The van der Waals surface area contributed by atoms with E-state index in [4.69, 9.17) is 4.42 Å². The quantitative estimate of drug-likeness (QED) is 0.811. The average Bonchev–Trinajstić information content (AvgIpc) is 3.11. The number of furan rings is 1. The number of hydrogen-bond donors (Lipinski definition) is 2. The highest BCUT2D eigenvalue weighted by Crippen LogP contribution is 2.20. The molecule has 2 N–H and O–H groups in total. The lowest BCUT2D eigenvalue weighted by Crippen LogP contribution is -2.32. The number of nitrogens with zero attached hydrogens (tertiary/aromatic N) is 2. The van der Waals surface area contributed by atoms with Gasteiger partial charge in [-0.1, -0.05) is 12.1 Å². The third kappa shape index (κ3) is 4.04. The highest BCUT2D eigenvalue weighted by atomic mass is 32.2. The zero-order chi connectivity index (χ0) is 16.9. The Labute approximate surface area is 145 Å². The van der Waals surface area contributed by atoms with Gasteiger partial charge in [0.1, 0.15) is 0 Å². The maximum absolute atomic E-state index is 12.1. The number of anilines is 2. The lowest BCUT2D eigenvalue weighted by atomic mass is 10.2. The predicted molar refractivity (Wildman–Crippen MR) is 96.0 cm³/mol. The van der Waals surface area contributed by atoms with Gasteiger partial charge in [0.05, 0.1) is 0 Å². The molecule has 0 radical (unpaired) electrons. The molecule has 2 aromatic rings. The molecular weight excluding hydrogens is 326 g/mol. The number of benzene rings is 1. The summed E-state index contributed by atoms with van der Waals surface area (Å²) in [4.78, 5) is 14.4. The second-order valence-electron chi connectivity index (χ2n) is 5.61. The Hall–Kier alpha value is -2.12. The van der Waals surface area contributed by atoms with Crippen LogP contribution in [-0.4, -0.2) is 42.8 Å². The number of rotatable bonds is 5. The smallest absolute Gasteiger partial charge is 0.287 e. The van der Waals surface area contributed by atoms with Gasteiger partial charge < -0.3 is 14.6 Å². The summed E-state index contributed by atoms with van der Waals surface area (Å²) in [5.74, 6) is 2.44. The largest absolute Gasteiger partial charge is 0.433 e. The minimum atomic E-state index is -0.305. The van der Waals surface area contributed by atoms with Crippen molar-refractivity contribution in [2.45, 2.75) is 6.54 Å². The maximum Gasteiger partial charge on any atom is 0.287 e. The van der Waals surface area contributed by atoms with Gasteiger partial charge in [-0.3, -0.25) is 10.0 Å². The molecule has 0 spiro atoms. The van der Waals surface area contributed by atoms with Crippen molar-refractivity contribution in [1.29, 1.82) is 0 Å². The van der Waals surface area contributed by atoms with Crippen molar-refractivity contribution in [3.63, 3.8) is 0 Å². The highest BCUT2D eigenvalue weighted by molar-refractivity contribution is 7.99. The summed E-state index contributed by atoms with van der Waals surface area (Å²) in [5, 5.41) is 12.9. The van der Waals surface area contributed by atoms with E-state index in [1.165, 1.54) is 30.3 Å². The number of hydroxylamine groups is 1. The standard InChI is InChI=1S/C17H21N3O3S/c1-19(22)16-7-6-15(23-16)17(21)18-12-13-2-4-14(5-3-13)20-8-10-24-11-9-20/h2-7,22H,8-12H2,1H3,(H,18,21).